The fraction of sp³-hybridized carbons (Fsp3) is 0.111. The Bertz CT molecular complexity index is 356. The second kappa shape index (κ2) is 3.73. The number of nitrogens with zero attached hydrogens (tertiary/aromatic N) is 2. The molecule has 2 rings (SSSR count). The van der Waals surface area contributed by atoms with Gasteiger partial charge in [-0.25, -0.2) is 0 Å². The van der Waals surface area contributed by atoms with E-state index in [9.17, 15) is 0 Å². The van der Waals surface area contributed by atoms with Gasteiger partial charge in [0.2, 0.25) is 0 Å². The van der Waals surface area contributed by atoms with Crippen molar-refractivity contribution in [1.29, 1.82) is 0 Å². The summed E-state index contributed by atoms with van der Waals surface area (Å²) >= 11 is 0.285. The average molecular weight is 238 g/mol. The Hall–Kier alpha value is -1.12. The van der Waals surface area contributed by atoms with Crippen molar-refractivity contribution in [2.75, 3.05) is 0 Å². The summed E-state index contributed by atoms with van der Waals surface area (Å²) in [4.78, 5) is 0. The molecule has 1 aromatic carbocycles. The third-order valence-electron chi connectivity index (χ3n) is 1.73. The molecule has 66 valence electrons. The molecule has 13 heavy (non-hydrogen) atoms. The van der Waals surface area contributed by atoms with E-state index in [0.29, 0.717) is 4.73 Å². The van der Waals surface area contributed by atoms with Crippen molar-refractivity contribution < 1.29 is 0 Å². The van der Waals surface area contributed by atoms with Crippen molar-refractivity contribution in [3.05, 3.63) is 35.9 Å². The summed E-state index contributed by atoms with van der Waals surface area (Å²) in [6, 6.07) is 10.1. The molecule has 2 N–H and O–H groups in total. The molecule has 0 radical (unpaired) electrons. The summed E-state index contributed by atoms with van der Waals surface area (Å²) in [7, 11) is 0. The number of benzene rings is 1. The second-order valence-electron chi connectivity index (χ2n) is 2.64. The molecular weight excluding hydrogens is 229 g/mol. The minimum atomic E-state index is 0.285. The van der Waals surface area contributed by atoms with Crippen LogP contribution in [0.25, 0.3) is 0 Å². The van der Waals surface area contributed by atoms with Crippen LogP contribution in [-0.4, -0.2) is 25.4 Å². The molecule has 1 aromatic rings. The first-order valence-corrected chi connectivity index (χ1v) is 6.01. The summed E-state index contributed by atoms with van der Waals surface area (Å²) in [6.07, 6.45) is 0. The number of rotatable bonds is 1. The van der Waals surface area contributed by atoms with Crippen LogP contribution >= 0.6 is 0 Å². The van der Waals surface area contributed by atoms with Crippen LogP contribution in [0.2, 0.25) is 5.32 Å². The Kier molecular flexibility index (Phi) is 2.43. The Morgan fingerprint density at radius 2 is 1.92 bits per heavy atom. The van der Waals surface area contributed by atoms with Gasteiger partial charge in [0, 0.05) is 0 Å². The van der Waals surface area contributed by atoms with Gasteiger partial charge in [0.1, 0.15) is 0 Å². The molecule has 3 nitrogen and oxygen atoms in total. The molecule has 0 spiro atoms. The van der Waals surface area contributed by atoms with Crippen molar-refractivity contribution in [2.45, 2.75) is 5.32 Å². The van der Waals surface area contributed by atoms with E-state index in [1.807, 2.05) is 30.3 Å². The molecule has 1 aliphatic heterocycles. The molecule has 0 aromatic heterocycles. The summed E-state index contributed by atoms with van der Waals surface area (Å²) in [5, 5.41) is 8.92. The summed E-state index contributed by atoms with van der Waals surface area (Å²) in [5.41, 5.74) is 7.75. The predicted octanol–water partition coefficient (Wildman–Crippen LogP) is 0.842. The molecule has 1 heterocycles. The van der Waals surface area contributed by atoms with Gasteiger partial charge in [0.05, 0.1) is 0 Å². The van der Waals surface area contributed by atoms with Gasteiger partial charge in [-0.2, -0.15) is 0 Å². The van der Waals surface area contributed by atoms with Crippen LogP contribution in [0.1, 0.15) is 5.56 Å². The van der Waals surface area contributed by atoms with Crippen molar-refractivity contribution in [3.8, 4) is 0 Å². The third-order valence-corrected chi connectivity index (χ3v) is 3.40. The Labute approximate surface area is 82.9 Å². The van der Waals surface area contributed by atoms with E-state index in [0.717, 1.165) is 16.6 Å². The van der Waals surface area contributed by atoms with E-state index in [1.165, 1.54) is 0 Å². The zero-order chi connectivity index (χ0) is 9.10. The van der Waals surface area contributed by atoms with Gasteiger partial charge < -0.3 is 0 Å². The summed E-state index contributed by atoms with van der Waals surface area (Å²) in [5.74, 6) is 0. The van der Waals surface area contributed by atoms with Crippen LogP contribution in [0.5, 0.6) is 0 Å². The quantitative estimate of drug-likeness (QED) is 0.724. The first-order chi connectivity index (χ1) is 6.36. The fourth-order valence-electron chi connectivity index (χ4n) is 1.08. The van der Waals surface area contributed by atoms with Crippen molar-refractivity contribution in [3.63, 3.8) is 0 Å². The van der Waals surface area contributed by atoms with Crippen LogP contribution in [0.3, 0.4) is 0 Å². The average Bonchev–Trinajstić information content (AvgIpc) is 2.20. The zero-order valence-electron chi connectivity index (χ0n) is 6.97. The molecule has 0 saturated heterocycles. The molecule has 1 aliphatic rings. The maximum atomic E-state index is 5.55. The fourth-order valence-corrected chi connectivity index (χ4v) is 2.36. The monoisotopic (exact) mass is 239 g/mol. The van der Waals surface area contributed by atoms with Gasteiger partial charge >= 0.3 is 82.6 Å². The molecule has 0 bridgehead atoms. The van der Waals surface area contributed by atoms with E-state index in [1.54, 1.807) is 0 Å². The van der Waals surface area contributed by atoms with Gasteiger partial charge in [-0.15, -0.1) is 0 Å². The van der Waals surface area contributed by atoms with Crippen LogP contribution in [0.4, 0.5) is 0 Å². The molecular formula is C9H9N3Se. The first-order valence-electron chi connectivity index (χ1n) is 3.94. The minimum absolute atomic E-state index is 0.285. The predicted molar refractivity (Wildman–Crippen MR) is 55.2 cm³/mol. The number of amidine groups is 1. The van der Waals surface area contributed by atoms with Crippen molar-refractivity contribution >= 4 is 25.4 Å². The normalized spacial score (nSPS) is 16.3. The van der Waals surface area contributed by atoms with Gasteiger partial charge in [0.15, 0.2) is 0 Å². The van der Waals surface area contributed by atoms with Gasteiger partial charge in [-0.3, -0.25) is 0 Å². The van der Waals surface area contributed by atoms with Crippen LogP contribution < -0.4 is 5.73 Å². The molecule has 0 unspecified atom stereocenters. The van der Waals surface area contributed by atoms with E-state index in [4.69, 9.17) is 5.73 Å². The first kappa shape index (κ1) is 8.48. The molecule has 0 aliphatic carbocycles. The summed E-state index contributed by atoms with van der Waals surface area (Å²) < 4.78 is 0.687. The number of nitrogens with two attached hydrogens (primary N) is 1. The Balaban J connectivity index is 2.29. The molecule has 0 fully saturated rings. The van der Waals surface area contributed by atoms with Gasteiger partial charge in [0.25, 0.3) is 0 Å². The molecule has 4 heteroatoms. The molecule has 0 amide bonds. The zero-order valence-corrected chi connectivity index (χ0v) is 8.69. The van der Waals surface area contributed by atoms with Crippen molar-refractivity contribution in [2.24, 2.45) is 15.9 Å². The third kappa shape index (κ3) is 1.97. The van der Waals surface area contributed by atoms with E-state index < -0.39 is 0 Å². The van der Waals surface area contributed by atoms with Crippen LogP contribution in [0.15, 0.2) is 40.5 Å². The molecule has 0 saturated carbocycles. The topological polar surface area (TPSA) is 50.7 Å². The van der Waals surface area contributed by atoms with Crippen LogP contribution in [-0.2, 0) is 0 Å². The number of hydrogen-bond acceptors (Lipinski definition) is 3. The number of hydrogen-bond donors (Lipinski definition) is 1. The Morgan fingerprint density at radius 3 is 2.54 bits per heavy atom. The summed E-state index contributed by atoms with van der Waals surface area (Å²) in [6.45, 7) is 0. The van der Waals surface area contributed by atoms with Crippen molar-refractivity contribution in [1.82, 2.24) is 0 Å². The van der Waals surface area contributed by atoms with Gasteiger partial charge in [-0.05, 0) is 0 Å². The van der Waals surface area contributed by atoms with E-state index in [2.05, 4.69) is 10.2 Å². The maximum absolute atomic E-state index is 5.55. The van der Waals surface area contributed by atoms with E-state index >= 15 is 0 Å². The van der Waals surface area contributed by atoms with Gasteiger partial charge in [-0.1, -0.05) is 0 Å². The second-order valence-corrected chi connectivity index (χ2v) is 4.73. The molecule has 0 atom stereocenters. The van der Waals surface area contributed by atoms with Crippen LogP contribution in [0, 0.1) is 0 Å². The standard InChI is InChI=1S/C9H9N3Se/c10-9-12-11-8(6-13-9)7-4-2-1-3-5-7/h1-5H,6H2,(H2,10,12). The van der Waals surface area contributed by atoms with E-state index in [-0.39, 0.29) is 15.0 Å². The SMILES string of the molecule is NC1=NN=C(c2ccccc2)C[Se]1. The Morgan fingerprint density at radius 1 is 1.15 bits per heavy atom.